The molecule has 0 aliphatic rings. The minimum Gasteiger partial charge on any atom is -0.463 e. The van der Waals surface area contributed by atoms with Gasteiger partial charge in [0.05, 0.1) is 20.6 Å². The summed E-state index contributed by atoms with van der Waals surface area (Å²) in [6.07, 6.45) is 9.49. The summed E-state index contributed by atoms with van der Waals surface area (Å²) in [6.45, 7) is 3.86. The molecular formula is C13H22Cl2O2Si. The molecule has 0 fully saturated rings. The van der Waals surface area contributed by atoms with E-state index in [2.05, 4.69) is 6.58 Å². The SMILES string of the molecule is C=CC(=O)OCCCCCCCCC[Si]C(Cl)Cl. The largest absolute Gasteiger partial charge is 0.463 e. The average molecular weight is 309 g/mol. The lowest BCUT2D eigenvalue weighted by Crippen LogP contribution is -2.01. The van der Waals surface area contributed by atoms with Crippen LogP contribution in [0.4, 0.5) is 0 Å². The summed E-state index contributed by atoms with van der Waals surface area (Å²) in [7, 11) is 0.672. The van der Waals surface area contributed by atoms with Crippen LogP contribution in [-0.2, 0) is 9.53 Å². The predicted octanol–water partition coefficient (Wildman–Crippen LogP) is 4.33. The Morgan fingerprint density at radius 2 is 1.67 bits per heavy atom. The number of esters is 1. The maximum atomic E-state index is 10.7. The van der Waals surface area contributed by atoms with Crippen LogP contribution in [0.25, 0.3) is 0 Å². The molecule has 0 aromatic rings. The number of alkyl halides is 2. The monoisotopic (exact) mass is 308 g/mol. The Morgan fingerprint density at radius 3 is 2.22 bits per heavy atom. The van der Waals surface area contributed by atoms with Crippen LogP contribution in [0.1, 0.15) is 44.9 Å². The van der Waals surface area contributed by atoms with Crippen LogP contribution in [0.2, 0.25) is 6.04 Å². The van der Waals surface area contributed by atoms with Gasteiger partial charge < -0.3 is 4.74 Å². The molecule has 2 nitrogen and oxygen atoms in total. The fourth-order valence-corrected chi connectivity index (χ4v) is 2.88. The second-order valence-corrected chi connectivity index (χ2v) is 7.42. The predicted molar refractivity (Wildman–Crippen MR) is 79.5 cm³/mol. The molecule has 0 N–H and O–H groups in total. The molecule has 0 spiro atoms. The van der Waals surface area contributed by atoms with Gasteiger partial charge in [-0.2, -0.15) is 0 Å². The van der Waals surface area contributed by atoms with Crippen LogP contribution in [0.5, 0.6) is 0 Å². The quantitative estimate of drug-likeness (QED) is 0.176. The number of hydrogen-bond acceptors (Lipinski definition) is 2. The first-order valence-electron chi connectivity index (χ1n) is 6.47. The average Bonchev–Trinajstić information content (AvgIpc) is 2.35. The Hall–Kier alpha value is 0.00688. The summed E-state index contributed by atoms with van der Waals surface area (Å²) < 4.78 is 4.71. The smallest absolute Gasteiger partial charge is 0.330 e. The molecular weight excluding hydrogens is 287 g/mol. The Bertz CT molecular complexity index is 223. The zero-order valence-corrected chi connectivity index (χ0v) is 13.3. The highest BCUT2D eigenvalue weighted by atomic mass is 35.5. The molecule has 0 unspecified atom stereocenters. The first-order valence-corrected chi connectivity index (χ1v) is 8.63. The highest BCUT2D eigenvalue weighted by molar-refractivity contribution is 6.68. The van der Waals surface area contributed by atoms with Gasteiger partial charge >= 0.3 is 5.97 Å². The van der Waals surface area contributed by atoms with E-state index in [9.17, 15) is 4.79 Å². The number of carbonyl (C=O) groups is 1. The molecule has 0 saturated carbocycles. The molecule has 0 heterocycles. The lowest BCUT2D eigenvalue weighted by molar-refractivity contribution is -0.137. The fourth-order valence-electron chi connectivity index (χ4n) is 1.55. The summed E-state index contributed by atoms with van der Waals surface area (Å²) in [4.78, 5) is 10.7. The summed E-state index contributed by atoms with van der Waals surface area (Å²) in [5, 5.41) is 0. The zero-order chi connectivity index (χ0) is 13.6. The van der Waals surface area contributed by atoms with E-state index in [1.807, 2.05) is 0 Å². The van der Waals surface area contributed by atoms with Gasteiger partial charge in [0.25, 0.3) is 0 Å². The van der Waals surface area contributed by atoms with E-state index in [1.54, 1.807) is 0 Å². The molecule has 0 atom stereocenters. The summed E-state index contributed by atoms with van der Waals surface area (Å²) in [5.74, 6) is -0.326. The highest BCUT2D eigenvalue weighted by Crippen LogP contribution is 2.10. The van der Waals surface area contributed by atoms with Crippen LogP contribution in [0, 0.1) is 0 Å². The highest BCUT2D eigenvalue weighted by Gasteiger charge is 1.99. The molecule has 0 bridgehead atoms. The molecule has 0 aliphatic carbocycles. The van der Waals surface area contributed by atoms with Crippen LogP contribution >= 0.6 is 23.2 Å². The van der Waals surface area contributed by atoms with Crippen molar-refractivity contribution in [3.63, 3.8) is 0 Å². The second-order valence-electron chi connectivity index (χ2n) is 4.10. The van der Waals surface area contributed by atoms with Crippen LogP contribution in [0.3, 0.4) is 0 Å². The Balaban J connectivity index is 3.03. The van der Waals surface area contributed by atoms with Gasteiger partial charge in [-0.1, -0.05) is 51.1 Å². The molecule has 104 valence electrons. The van der Waals surface area contributed by atoms with Crippen molar-refractivity contribution in [2.45, 2.75) is 55.4 Å². The van der Waals surface area contributed by atoms with Crippen LogP contribution in [-0.4, -0.2) is 26.6 Å². The second kappa shape index (κ2) is 13.4. The summed E-state index contributed by atoms with van der Waals surface area (Å²) in [5.41, 5.74) is 0. The molecule has 5 heteroatoms. The number of hydrogen-bond donors (Lipinski definition) is 0. The van der Waals surface area contributed by atoms with E-state index in [1.165, 1.54) is 38.2 Å². The van der Waals surface area contributed by atoms with E-state index >= 15 is 0 Å². The van der Waals surface area contributed by atoms with Gasteiger partial charge in [0.1, 0.15) is 0 Å². The lowest BCUT2D eigenvalue weighted by atomic mass is 10.1. The van der Waals surface area contributed by atoms with Gasteiger partial charge in [-0.3, -0.25) is 0 Å². The van der Waals surface area contributed by atoms with Gasteiger partial charge in [-0.15, -0.1) is 23.2 Å². The molecule has 0 saturated heterocycles. The van der Waals surface area contributed by atoms with Gasteiger partial charge in [0.15, 0.2) is 0 Å². The molecule has 0 aromatic carbocycles. The Kier molecular flexibility index (Phi) is 13.4. The summed E-state index contributed by atoms with van der Waals surface area (Å²) in [6, 6.07) is 1.15. The van der Waals surface area contributed by atoms with Crippen LogP contribution < -0.4 is 0 Å². The lowest BCUT2D eigenvalue weighted by Gasteiger charge is -2.03. The Morgan fingerprint density at radius 1 is 1.11 bits per heavy atom. The standard InChI is InChI=1S/C13H22Cl2O2Si/c1-2-12(16)17-10-8-6-4-3-5-7-9-11-18-13(14)15/h2,13H,1,3-11H2. The van der Waals surface area contributed by atoms with Crippen molar-refractivity contribution >= 4 is 38.7 Å². The van der Waals surface area contributed by atoms with Crippen molar-refractivity contribution in [1.29, 1.82) is 0 Å². The number of carbonyl (C=O) groups excluding carboxylic acids is 1. The minimum absolute atomic E-state index is 0.178. The third-order valence-electron chi connectivity index (χ3n) is 2.53. The van der Waals surface area contributed by atoms with E-state index in [4.69, 9.17) is 27.9 Å². The fraction of sp³-hybridized carbons (Fsp3) is 0.769. The first kappa shape index (κ1) is 18.0. The third kappa shape index (κ3) is 14.1. The molecule has 0 amide bonds. The van der Waals surface area contributed by atoms with E-state index in [0.717, 1.165) is 18.9 Å². The van der Waals surface area contributed by atoms with Crippen molar-refractivity contribution in [2.75, 3.05) is 6.61 Å². The van der Waals surface area contributed by atoms with Crippen molar-refractivity contribution in [3.8, 4) is 0 Å². The van der Waals surface area contributed by atoms with E-state index in [0.29, 0.717) is 16.1 Å². The zero-order valence-electron chi connectivity index (χ0n) is 10.8. The van der Waals surface area contributed by atoms with E-state index in [-0.39, 0.29) is 10.4 Å². The van der Waals surface area contributed by atoms with Gasteiger partial charge in [-0.25, -0.2) is 4.79 Å². The number of halogens is 2. The minimum atomic E-state index is -0.326. The van der Waals surface area contributed by atoms with Crippen molar-refractivity contribution in [3.05, 3.63) is 12.7 Å². The van der Waals surface area contributed by atoms with Gasteiger partial charge in [0.2, 0.25) is 0 Å². The maximum Gasteiger partial charge on any atom is 0.330 e. The number of unbranched alkanes of at least 4 members (excludes halogenated alkanes) is 6. The van der Waals surface area contributed by atoms with Crippen molar-refractivity contribution in [1.82, 2.24) is 0 Å². The molecule has 0 aliphatic heterocycles. The molecule has 2 radical (unpaired) electrons. The number of rotatable bonds is 12. The Labute approximate surface area is 123 Å². The maximum absolute atomic E-state index is 10.7. The van der Waals surface area contributed by atoms with Crippen LogP contribution in [0.15, 0.2) is 12.7 Å². The van der Waals surface area contributed by atoms with E-state index < -0.39 is 0 Å². The topological polar surface area (TPSA) is 26.3 Å². The molecule has 0 aromatic heterocycles. The first-order chi connectivity index (χ1) is 8.66. The normalized spacial score (nSPS) is 10.6. The molecule has 18 heavy (non-hydrogen) atoms. The number of ether oxygens (including phenoxy) is 1. The third-order valence-corrected chi connectivity index (χ3v) is 4.41. The van der Waals surface area contributed by atoms with Gasteiger partial charge in [0, 0.05) is 6.08 Å². The van der Waals surface area contributed by atoms with Gasteiger partial charge in [-0.05, 0) is 6.42 Å². The summed E-state index contributed by atoms with van der Waals surface area (Å²) >= 11 is 11.3. The van der Waals surface area contributed by atoms with Crippen molar-refractivity contribution < 1.29 is 9.53 Å². The van der Waals surface area contributed by atoms with Crippen molar-refractivity contribution in [2.24, 2.45) is 0 Å². The molecule has 0 rings (SSSR count).